The lowest BCUT2D eigenvalue weighted by atomic mass is 9.93. The van der Waals surface area contributed by atoms with Crippen LogP contribution in [0.3, 0.4) is 0 Å². The highest BCUT2D eigenvalue weighted by atomic mass is 16.5. The predicted molar refractivity (Wildman–Crippen MR) is 111 cm³/mol. The zero-order valence-electron chi connectivity index (χ0n) is 17.0. The van der Waals surface area contributed by atoms with Crippen LogP contribution in [0, 0.1) is 0 Å². The van der Waals surface area contributed by atoms with Gasteiger partial charge in [0.2, 0.25) is 0 Å². The molecule has 2 aromatic carbocycles. The van der Waals surface area contributed by atoms with Crippen LogP contribution in [0.2, 0.25) is 0 Å². The second kappa shape index (κ2) is 8.10. The number of imide groups is 1. The largest absolute Gasteiger partial charge is 0.482 e. The standard InChI is InChI=1S/C22H22N4O5/c1-22(12-11-15-7-3-2-4-8-15)20(29)26(21(30)23-22)24-18(27)13-25-16-9-5-6-10-17(16)31-14-19(25)28/h2-10H,11-14H2,1H3,(H,23,30)(H,24,27). The van der Waals surface area contributed by atoms with Gasteiger partial charge in [0.1, 0.15) is 17.8 Å². The van der Waals surface area contributed by atoms with Crippen LogP contribution < -0.4 is 20.4 Å². The van der Waals surface area contributed by atoms with Crippen LogP contribution in [0.4, 0.5) is 10.5 Å². The molecule has 1 saturated heterocycles. The van der Waals surface area contributed by atoms with Crippen molar-refractivity contribution < 1.29 is 23.9 Å². The molecule has 4 rings (SSSR count). The summed E-state index contributed by atoms with van der Waals surface area (Å²) in [5.41, 5.74) is 2.69. The van der Waals surface area contributed by atoms with Crippen LogP contribution >= 0.6 is 0 Å². The second-order valence-corrected chi connectivity index (χ2v) is 7.66. The van der Waals surface area contributed by atoms with Crippen LogP contribution in [0.15, 0.2) is 54.6 Å². The van der Waals surface area contributed by atoms with E-state index in [1.807, 2.05) is 30.3 Å². The summed E-state index contributed by atoms with van der Waals surface area (Å²) in [4.78, 5) is 51.3. The van der Waals surface area contributed by atoms with Gasteiger partial charge in [-0.15, -0.1) is 0 Å². The van der Waals surface area contributed by atoms with E-state index in [-0.39, 0.29) is 13.2 Å². The number of hydrogen-bond acceptors (Lipinski definition) is 5. The summed E-state index contributed by atoms with van der Waals surface area (Å²) in [6, 6.07) is 15.7. The number of ether oxygens (including phenoxy) is 1. The molecule has 2 N–H and O–H groups in total. The van der Waals surface area contributed by atoms with E-state index in [0.717, 1.165) is 5.56 Å². The lowest BCUT2D eigenvalue weighted by molar-refractivity contribution is -0.138. The third kappa shape index (κ3) is 4.07. The number of hydrogen-bond donors (Lipinski definition) is 2. The fraction of sp³-hybridized carbons (Fsp3) is 0.273. The molecule has 0 aromatic heterocycles. The fourth-order valence-corrected chi connectivity index (χ4v) is 3.63. The molecule has 160 valence electrons. The molecule has 5 amide bonds. The van der Waals surface area contributed by atoms with Gasteiger partial charge >= 0.3 is 6.03 Å². The Morgan fingerprint density at radius 3 is 2.58 bits per heavy atom. The molecule has 0 radical (unpaired) electrons. The molecule has 1 unspecified atom stereocenters. The number of carbonyl (C=O) groups is 4. The normalized spacial score (nSPS) is 20.2. The van der Waals surface area contributed by atoms with Crippen molar-refractivity contribution in [1.29, 1.82) is 0 Å². The van der Waals surface area contributed by atoms with Gasteiger partial charge in [-0.05, 0) is 37.5 Å². The summed E-state index contributed by atoms with van der Waals surface area (Å²) in [7, 11) is 0. The number of urea groups is 1. The first-order chi connectivity index (χ1) is 14.9. The number of carbonyl (C=O) groups excluding carboxylic acids is 4. The molecule has 0 spiro atoms. The highest BCUT2D eigenvalue weighted by Gasteiger charge is 2.48. The Morgan fingerprint density at radius 2 is 1.81 bits per heavy atom. The van der Waals surface area contributed by atoms with Gasteiger partial charge in [0.15, 0.2) is 6.61 Å². The van der Waals surface area contributed by atoms with Crippen molar-refractivity contribution in [3.8, 4) is 5.75 Å². The van der Waals surface area contributed by atoms with Gasteiger partial charge in [-0.25, -0.2) is 4.79 Å². The van der Waals surface area contributed by atoms with E-state index >= 15 is 0 Å². The molecule has 2 aliphatic rings. The number of amides is 5. The highest BCUT2D eigenvalue weighted by Crippen LogP contribution is 2.31. The van der Waals surface area contributed by atoms with E-state index in [4.69, 9.17) is 4.74 Å². The molecule has 2 heterocycles. The van der Waals surface area contributed by atoms with Crippen LogP contribution in [0.1, 0.15) is 18.9 Å². The number of benzene rings is 2. The Balaban J connectivity index is 1.41. The number of fused-ring (bicyclic) bond motifs is 1. The smallest absolute Gasteiger partial charge is 0.344 e. The third-order valence-corrected chi connectivity index (χ3v) is 5.36. The molecule has 0 bridgehead atoms. The molecule has 2 aromatic rings. The molecule has 1 fully saturated rings. The van der Waals surface area contributed by atoms with E-state index in [1.165, 1.54) is 4.90 Å². The minimum atomic E-state index is -1.14. The molecular weight excluding hydrogens is 400 g/mol. The van der Waals surface area contributed by atoms with Crippen molar-refractivity contribution in [2.24, 2.45) is 0 Å². The summed E-state index contributed by atoms with van der Waals surface area (Å²) in [5, 5.41) is 3.34. The fourth-order valence-electron chi connectivity index (χ4n) is 3.63. The first kappa shape index (κ1) is 20.4. The maximum atomic E-state index is 12.9. The topological polar surface area (TPSA) is 108 Å². The molecule has 0 saturated carbocycles. The van der Waals surface area contributed by atoms with Crippen molar-refractivity contribution in [3.63, 3.8) is 0 Å². The molecule has 9 nitrogen and oxygen atoms in total. The van der Waals surface area contributed by atoms with E-state index in [1.54, 1.807) is 31.2 Å². The van der Waals surface area contributed by atoms with Crippen molar-refractivity contribution in [1.82, 2.24) is 15.8 Å². The van der Waals surface area contributed by atoms with Crippen molar-refractivity contribution in [3.05, 3.63) is 60.2 Å². The monoisotopic (exact) mass is 422 g/mol. The second-order valence-electron chi connectivity index (χ2n) is 7.66. The maximum absolute atomic E-state index is 12.9. The van der Waals surface area contributed by atoms with E-state index < -0.39 is 29.3 Å². The van der Waals surface area contributed by atoms with E-state index in [9.17, 15) is 19.2 Å². The quantitative estimate of drug-likeness (QED) is 0.684. The summed E-state index contributed by atoms with van der Waals surface area (Å²) >= 11 is 0. The first-order valence-corrected chi connectivity index (χ1v) is 9.90. The first-order valence-electron chi connectivity index (χ1n) is 9.90. The lowest BCUT2D eigenvalue weighted by Crippen LogP contribution is -2.53. The Bertz CT molecular complexity index is 1040. The Morgan fingerprint density at radius 1 is 1.10 bits per heavy atom. The summed E-state index contributed by atoms with van der Waals surface area (Å²) in [6.07, 6.45) is 0.966. The number of nitrogens with zero attached hydrogens (tertiary/aromatic N) is 2. The summed E-state index contributed by atoms with van der Waals surface area (Å²) in [5.74, 6) is -1.12. The van der Waals surface area contributed by atoms with Gasteiger partial charge in [-0.1, -0.05) is 42.5 Å². The summed E-state index contributed by atoms with van der Waals surface area (Å²) < 4.78 is 5.35. The number of nitrogens with one attached hydrogen (secondary N) is 2. The Hall–Kier alpha value is -3.88. The number of rotatable bonds is 6. The SMILES string of the molecule is CC1(CCc2ccccc2)NC(=O)N(NC(=O)CN2C(=O)COc3ccccc32)C1=O. The van der Waals surface area contributed by atoms with E-state index in [2.05, 4.69) is 10.7 Å². The lowest BCUT2D eigenvalue weighted by Gasteiger charge is -2.29. The Kier molecular flexibility index (Phi) is 5.33. The van der Waals surface area contributed by atoms with Crippen molar-refractivity contribution in [2.45, 2.75) is 25.3 Å². The number of hydrazine groups is 1. The van der Waals surface area contributed by atoms with Crippen molar-refractivity contribution >= 4 is 29.4 Å². The van der Waals surface area contributed by atoms with Gasteiger partial charge in [0, 0.05) is 0 Å². The molecular formula is C22H22N4O5. The highest BCUT2D eigenvalue weighted by molar-refractivity contribution is 6.08. The third-order valence-electron chi connectivity index (χ3n) is 5.36. The van der Waals surface area contributed by atoms with Gasteiger partial charge in [0.25, 0.3) is 17.7 Å². The van der Waals surface area contributed by atoms with Crippen LogP contribution in [0.5, 0.6) is 5.75 Å². The zero-order chi connectivity index (χ0) is 22.0. The predicted octanol–water partition coefficient (Wildman–Crippen LogP) is 1.39. The number of aryl methyl sites for hydroxylation is 1. The molecule has 0 aliphatic carbocycles. The van der Waals surface area contributed by atoms with Crippen LogP contribution in [0.25, 0.3) is 0 Å². The van der Waals surface area contributed by atoms with Crippen LogP contribution in [-0.4, -0.2) is 47.5 Å². The average molecular weight is 422 g/mol. The zero-order valence-corrected chi connectivity index (χ0v) is 17.0. The maximum Gasteiger partial charge on any atom is 0.344 e. The Labute approximate surface area is 178 Å². The van der Waals surface area contributed by atoms with Crippen LogP contribution in [-0.2, 0) is 20.8 Å². The van der Waals surface area contributed by atoms with Gasteiger partial charge in [-0.3, -0.25) is 24.7 Å². The van der Waals surface area contributed by atoms with Gasteiger partial charge in [-0.2, -0.15) is 5.01 Å². The minimum Gasteiger partial charge on any atom is -0.482 e. The molecule has 1 atom stereocenters. The van der Waals surface area contributed by atoms with Gasteiger partial charge < -0.3 is 10.1 Å². The van der Waals surface area contributed by atoms with Gasteiger partial charge in [0.05, 0.1) is 5.69 Å². The average Bonchev–Trinajstić information content (AvgIpc) is 2.98. The van der Waals surface area contributed by atoms with Crippen molar-refractivity contribution in [2.75, 3.05) is 18.1 Å². The molecule has 9 heteroatoms. The molecule has 31 heavy (non-hydrogen) atoms. The number of para-hydroxylation sites is 2. The van der Waals surface area contributed by atoms with E-state index in [0.29, 0.717) is 29.3 Å². The minimum absolute atomic E-state index is 0.190. The molecule has 2 aliphatic heterocycles. The number of anilines is 1. The summed E-state index contributed by atoms with van der Waals surface area (Å²) in [6.45, 7) is 1.09.